The standard InChI is InChI=1S/C15H9BrF2N2O2S/c1-2-22-15(21)8-5-3-7(4-6-8)9-11(17)12(18)10(16)14-13(9)19-23-20-14/h3-6H,2H2,1H3. The molecule has 1 heterocycles. The van der Waals surface area contributed by atoms with Gasteiger partial charge in [0.1, 0.15) is 11.0 Å². The number of hydrogen-bond donors (Lipinski definition) is 0. The third kappa shape index (κ3) is 2.72. The summed E-state index contributed by atoms with van der Waals surface area (Å²) in [6, 6.07) is 6.05. The molecule has 0 saturated carbocycles. The van der Waals surface area contributed by atoms with E-state index in [9.17, 15) is 13.6 Å². The minimum absolute atomic E-state index is 0.0184. The molecule has 0 aliphatic heterocycles. The Hall–Kier alpha value is -1.93. The van der Waals surface area contributed by atoms with Gasteiger partial charge in [-0.1, -0.05) is 12.1 Å². The predicted octanol–water partition coefficient (Wildman–Crippen LogP) is 4.58. The number of nitrogens with zero attached hydrogens (tertiary/aromatic N) is 2. The van der Waals surface area contributed by atoms with Gasteiger partial charge in [0.05, 0.1) is 28.4 Å². The van der Waals surface area contributed by atoms with Crippen LogP contribution in [0.4, 0.5) is 8.78 Å². The molecule has 0 atom stereocenters. The molecule has 0 amide bonds. The molecule has 118 valence electrons. The molecule has 0 fully saturated rings. The van der Waals surface area contributed by atoms with Crippen LogP contribution in [0.3, 0.4) is 0 Å². The predicted molar refractivity (Wildman–Crippen MR) is 86.4 cm³/mol. The highest BCUT2D eigenvalue weighted by molar-refractivity contribution is 9.10. The number of aromatic nitrogens is 2. The Morgan fingerprint density at radius 2 is 1.83 bits per heavy atom. The van der Waals surface area contributed by atoms with E-state index in [1.54, 1.807) is 6.92 Å². The third-order valence-corrected chi connectivity index (χ3v) is 4.47. The first-order valence-corrected chi connectivity index (χ1v) is 8.13. The summed E-state index contributed by atoms with van der Waals surface area (Å²) in [6.07, 6.45) is 0. The lowest BCUT2D eigenvalue weighted by atomic mass is 10.0. The zero-order valence-corrected chi connectivity index (χ0v) is 14.2. The first-order valence-electron chi connectivity index (χ1n) is 6.60. The molecule has 3 aromatic rings. The summed E-state index contributed by atoms with van der Waals surface area (Å²) >= 11 is 3.86. The van der Waals surface area contributed by atoms with Crippen LogP contribution in [-0.4, -0.2) is 21.3 Å². The summed E-state index contributed by atoms with van der Waals surface area (Å²) in [5, 5.41) is 0. The molecule has 0 spiro atoms. The molecule has 23 heavy (non-hydrogen) atoms. The van der Waals surface area contributed by atoms with Crippen LogP contribution in [0, 0.1) is 11.6 Å². The smallest absolute Gasteiger partial charge is 0.338 e. The summed E-state index contributed by atoms with van der Waals surface area (Å²) in [5.74, 6) is -2.50. The van der Waals surface area contributed by atoms with Gasteiger partial charge in [0, 0.05) is 5.56 Å². The maximum Gasteiger partial charge on any atom is 0.338 e. The van der Waals surface area contributed by atoms with Crippen LogP contribution < -0.4 is 0 Å². The van der Waals surface area contributed by atoms with Crippen molar-refractivity contribution in [2.75, 3.05) is 6.61 Å². The Morgan fingerprint density at radius 1 is 1.17 bits per heavy atom. The van der Waals surface area contributed by atoms with Crippen LogP contribution in [0.25, 0.3) is 22.2 Å². The highest BCUT2D eigenvalue weighted by Crippen LogP contribution is 2.37. The first kappa shape index (κ1) is 15.9. The van der Waals surface area contributed by atoms with Crippen LogP contribution in [0.2, 0.25) is 0 Å². The summed E-state index contributed by atoms with van der Waals surface area (Å²) < 4.78 is 41.3. The number of rotatable bonds is 3. The molecule has 0 radical (unpaired) electrons. The van der Waals surface area contributed by atoms with Crippen molar-refractivity contribution >= 4 is 44.7 Å². The van der Waals surface area contributed by atoms with Gasteiger partial charge < -0.3 is 4.74 Å². The minimum atomic E-state index is -1.02. The molecule has 3 rings (SSSR count). The van der Waals surface area contributed by atoms with Gasteiger partial charge in [-0.2, -0.15) is 8.75 Å². The van der Waals surface area contributed by atoms with Gasteiger partial charge in [0.2, 0.25) is 0 Å². The van der Waals surface area contributed by atoms with Gasteiger partial charge in [0.25, 0.3) is 0 Å². The highest BCUT2D eigenvalue weighted by Gasteiger charge is 2.22. The molecule has 0 saturated heterocycles. The van der Waals surface area contributed by atoms with Crippen molar-refractivity contribution in [3.8, 4) is 11.1 Å². The van der Waals surface area contributed by atoms with Crippen LogP contribution in [0.5, 0.6) is 0 Å². The Labute approximate surface area is 142 Å². The van der Waals surface area contributed by atoms with E-state index in [1.165, 1.54) is 24.3 Å². The molecule has 4 nitrogen and oxygen atoms in total. The molecular weight excluding hydrogens is 390 g/mol. The van der Waals surface area contributed by atoms with E-state index in [0.717, 1.165) is 11.7 Å². The number of esters is 1. The van der Waals surface area contributed by atoms with E-state index in [0.29, 0.717) is 11.1 Å². The Morgan fingerprint density at radius 3 is 2.48 bits per heavy atom. The summed E-state index contributed by atoms with van der Waals surface area (Å²) in [4.78, 5) is 11.6. The number of carbonyl (C=O) groups excluding carboxylic acids is 1. The van der Waals surface area contributed by atoms with Crippen molar-refractivity contribution < 1.29 is 18.3 Å². The lowest BCUT2D eigenvalue weighted by molar-refractivity contribution is 0.0526. The van der Waals surface area contributed by atoms with Crippen molar-refractivity contribution in [1.29, 1.82) is 0 Å². The number of benzene rings is 2. The second-order valence-electron chi connectivity index (χ2n) is 4.58. The van der Waals surface area contributed by atoms with Crippen LogP contribution in [0.15, 0.2) is 28.7 Å². The molecule has 0 N–H and O–H groups in total. The summed E-state index contributed by atoms with van der Waals surface area (Å²) in [6.45, 7) is 1.97. The molecule has 0 bridgehead atoms. The van der Waals surface area contributed by atoms with E-state index in [4.69, 9.17) is 4.74 Å². The first-order chi connectivity index (χ1) is 11.0. The lowest BCUT2D eigenvalue weighted by Gasteiger charge is -2.08. The minimum Gasteiger partial charge on any atom is -0.462 e. The summed E-state index contributed by atoms with van der Waals surface area (Å²) in [7, 11) is 0. The van der Waals surface area contributed by atoms with Gasteiger partial charge in [-0.05, 0) is 40.5 Å². The fourth-order valence-corrected chi connectivity index (χ4v) is 3.29. The zero-order chi connectivity index (χ0) is 16.6. The van der Waals surface area contributed by atoms with Crippen LogP contribution in [-0.2, 0) is 4.74 Å². The normalized spacial score (nSPS) is 11.0. The van der Waals surface area contributed by atoms with Crippen molar-refractivity contribution in [2.45, 2.75) is 6.92 Å². The van der Waals surface area contributed by atoms with Crippen LogP contribution >= 0.6 is 27.7 Å². The Bertz CT molecular complexity index is 897. The SMILES string of the molecule is CCOC(=O)c1ccc(-c2c(F)c(F)c(Br)c3nsnc23)cc1. The lowest BCUT2D eigenvalue weighted by Crippen LogP contribution is -2.04. The molecule has 0 aliphatic carbocycles. The van der Waals surface area contributed by atoms with Crippen LogP contribution in [0.1, 0.15) is 17.3 Å². The van der Waals surface area contributed by atoms with Gasteiger partial charge in [-0.25, -0.2) is 13.6 Å². The van der Waals surface area contributed by atoms with Gasteiger partial charge >= 0.3 is 5.97 Å². The van der Waals surface area contributed by atoms with Crippen molar-refractivity contribution in [3.63, 3.8) is 0 Å². The van der Waals surface area contributed by atoms with Crippen molar-refractivity contribution in [2.24, 2.45) is 0 Å². The molecule has 8 heteroatoms. The molecule has 0 unspecified atom stereocenters. The van der Waals surface area contributed by atoms with Gasteiger partial charge in [-0.15, -0.1) is 0 Å². The van der Waals surface area contributed by atoms with Gasteiger partial charge in [-0.3, -0.25) is 0 Å². The topological polar surface area (TPSA) is 52.1 Å². The second-order valence-corrected chi connectivity index (χ2v) is 5.90. The van der Waals surface area contributed by atoms with E-state index >= 15 is 0 Å². The Balaban J connectivity index is 2.14. The number of carbonyl (C=O) groups is 1. The number of halogens is 3. The molecule has 2 aromatic carbocycles. The fourth-order valence-electron chi connectivity index (χ4n) is 2.16. The summed E-state index contributed by atoms with van der Waals surface area (Å²) in [5.41, 5.74) is 1.29. The highest BCUT2D eigenvalue weighted by atomic mass is 79.9. The third-order valence-electron chi connectivity index (χ3n) is 3.22. The van der Waals surface area contributed by atoms with E-state index in [2.05, 4.69) is 24.7 Å². The van der Waals surface area contributed by atoms with E-state index in [-0.39, 0.29) is 27.7 Å². The zero-order valence-electron chi connectivity index (χ0n) is 11.8. The van der Waals surface area contributed by atoms with Crippen molar-refractivity contribution in [1.82, 2.24) is 8.75 Å². The number of fused-ring (bicyclic) bond motifs is 1. The number of hydrogen-bond acceptors (Lipinski definition) is 5. The monoisotopic (exact) mass is 398 g/mol. The largest absolute Gasteiger partial charge is 0.462 e. The average Bonchev–Trinajstić information content (AvgIpc) is 3.03. The van der Waals surface area contributed by atoms with Crippen molar-refractivity contribution in [3.05, 3.63) is 45.9 Å². The molecule has 0 aliphatic rings. The quantitative estimate of drug-likeness (QED) is 0.478. The second kappa shape index (κ2) is 6.29. The maximum atomic E-state index is 14.4. The number of ether oxygens (including phenoxy) is 1. The average molecular weight is 399 g/mol. The molecular formula is C15H9BrF2N2O2S. The fraction of sp³-hybridized carbons (Fsp3) is 0.133. The Kier molecular flexibility index (Phi) is 4.36. The van der Waals surface area contributed by atoms with Gasteiger partial charge in [0.15, 0.2) is 11.6 Å². The van der Waals surface area contributed by atoms with E-state index < -0.39 is 17.6 Å². The maximum absolute atomic E-state index is 14.4. The van der Waals surface area contributed by atoms with E-state index in [1.807, 2.05) is 0 Å². The molecule has 1 aromatic heterocycles.